The van der Waals surface area contributed by atoms with Gasteiger partial charge in [0.15, 0.2) is 0 Å². The molecule has 3 nitrogen and oxygen atoms in total. The Bertz CT molecular complexity index is 675. The average molecular weight is 349 g/mol. The van der Waals surface area contributed by atoms with Crippen LogP contribution in [0, 0.1) is 11.8 Å². The molecule has 0 saturated carbocycles. The van der Waals surface area contributed by atoms with E-state index in [0.29, 0.717) is 17.9 Å². The van der Waals surface area contributed by atoms with Gasteiger partial charge in [-0.05, 0) is 61.8 Å². The van der Waals surface area contributed by atoms with Crippen molar-refractivity contribution in [1.82, 2.24) is 0 Å². The van der Waals surface area contributed by atoms with E-state index in [9.17, 15) is 4.79 Å². The van der Waals surface area contributed by atoms with Crippen molar-refractivity contribution in [3.8, 4) is 17.6 Å². The molecule has 0 unspecified atom stereocenters. The molecular weight excluding hydrogens is 332 g/mol. The van der Waals surface area contributed by atoms with Crippen LogP contribution in [-0.2, 0) is 4.74 Å². The van der Waals surface area contributed by atoms with Crippen molar-refractivity contribution in [1.29, 1.82) is 0 Å². The lowest BCUT2D eigenvalue weighted by Crippen LogP contribution is -2.29. The van der Waals surface area contributed by atoms with Gasteiger partial charge in [0.2, 0.25) is 0 Å². The molecule has 0 atom stereocenters. The molecule has 110 valence electrons. The molecule has 0 amide bonds. The second-order valence-corrected chi connectivity index (χ2v) is 6.05. The molecule has 0 saturated heterocycles. The summed E-state index contributed by atoms with van der Waals surface area (Å²) in [6.07, 6.45) is 1.97. The molecule has 0 radical (unpaired) electrons. The number of fused-ring (bicyclic) bond motifs is 1. The lowest BCUT2D eigenvalue weighted by molar-refractivity contribution is 0.0526. The molecule has 0 aromatic heterocycles. The van der Waals surface area contributed by atoms with Gasteiger partial charge in [0.05, 0.1) is 16.6 Å². The maximum Gasteiger partial charge on any atom is 0.338 e. The van der Waals surface area contributed by atoms with Gasteiger partial charge in [-0.25, -0.2) is 4.79 Å². The lowest BCUT2D eigenvalue weighted by atomic mass is 9.93. The van der Waals surface area contributed by atoms with Crippen molar-refractivity contribution in [3.05, 3.63) is 33.8 Å². The van der Waals surface area contributed by atoms with E-state index in [0.717, 1.165) is 15.6 Å². The fraction of sp³-hybridized carbons (Fsp3) is 0.353. The zero-order valence-electron chi connectivity index (χ0n) is 12.5. The van der Waals surface area contributed by atoms with E-state index in [-0.39, 0.29) is 5.97 Å². The van der Waals surface area contributed by atoms with Gasteiger partial charge >= 0.3 is 5.97 Å². The maximum absolute atomic E-state index is 11.9. The monoisotopic (exact) mass is 348 g/mol. The summed E-state index contributed by atoms with van der Waals surface area (Å²) in [5, 5.41) is 0. The van der Waals surface area contributed by atoms with Gasteiger partial charge in [-0.15, -0.1) is 5.92 Å². The van der Waals surface area contributed by atoms with Crippen molar-refractivity contribution in [2.45, 2.75) is 33.3 Å². The van der Waals surface area contributed by atoms with Crippen LogP contribution in [0.2, 0.25) is 0 Å². The highest BCUT2D eigenvalue weighted by Crippen LogP contribution is 2.41. The minimum atomic E-state index is -0.444. The summed E-state index contributed by atoms with van der Waals surface area (Å²) in [4.78, 5) is 11.9. The highest BCUT2D eigenvalue weighted by molar-refractivity contribution is 9.10. The highest BCUT2D eigenvalue weighted by Gasteiger charge is 2.29. The van der Waals surface area contributed by atoms with Crippen LogP contribution in [0.5, 0.6) is 5.75 Å². The molecule has 1 aliphatic rings. The minimum Gasteiger partial charge on any atom is -0.482 e. The average Bonchev–Trinajstić information content (AvgIpc) is 2.39. The highest BCUT2D eigenvalue weighted by atomic mass is 79.9. The topological polar surface area (TPSA) is 35.5 Å². The molecule has 0 bridgehead atoms. The summed E-state index contributed by atoms with van der Waals surface area (Å²) in [5.41, 5.74) is 1.70. The Morgan fingerprint density at radius 3 is 2.76 bits per heavy atom. The van der Waals surface area contributed by atoms with Gasteiger partial charge in [0.1, 0.15) is 11.4 Å². The molecule has 0 spiro atoms. The fourth-order valence-electron chi connectivity index (χ4n) is 2.19. The Balaban J connectivity index is 2.60. The Kier molecular flexibility index (Phi) is 4.43. The first-order valence-corrected chi connectivity index (χ1v) is 7.53. The van der Waals surface area contributed by atoms with E-state index in [1.165, 1.54) is 0 Å². The molecule has 1 aromatic rings. The van der Waals surface area contributed by atoms with E-state index in [1.807, 2.05) is 19.9 Å². The predicted octanol–water partition coefficient (Wildman–Crippen LogP) is 4.20. The maximum atomic E-state index is 11.9. The molecule has 1 heterocycles. The van der Waals surface area contributed by atoms with Gasteiger partial charge in [-0.2, -0.15) is 0 Å². The lowest BCUT2D eigenvalue weighted by Gasteiger charge is -2.30. The van der Waals surface area contributed by atoms with E-state index in [1.54, 1.807) is 26.0 Å². The Hall–Kier alpha value is -1.73. The first kappa shape index (κ1) is 15.7. The quantitative estimate of drug-likeness (QED) is 0.593. The van der Waals surface area contributed by atoms with Crippen molar-refractivity contribution >= 4 is 27.5 Å². The van der Waals surface area contributed by atoms with Crippen LogP contribution in [0.4, 0.5) is 0 Å². The van der Waals surface area contributed by atoms with Crippen LogP contribution in [0.3, 0.4) is 0 Å². The molecule has 1 aromatic carbocycles. The molecule has 0 fully saturated rings. The number of halogens is 1. The number of ether oxygens (including phenoxy) is 2. The van der Waals surface area contributed by atoms with Crippen LogP contribution >= 0.6 is 15.9 Å². The summed E-state index contributed by atoms with van der Waals surface area (Å²) >= 11 is 3.47. The largest absolute Gasteiger partial charge is 0.482 e. The summed E-state index contributed by atoms with van der Waals surface area (Å²) in [5.74, 6) is 6.33. The number of allylic oxidation sites excluding steroid dienone is 1. The molecule has 21 heavy (non-hydrogen) atoms. The van der Waals surface area contributed by atoms with Gasteiger partial charge < -0.3 is 9.47 Å². The van der Waals surface area contributed by atoms with E-state index in [4.69, 9.17) is 9.47 Å². The second kappa shape index (κ2) is 5.95. The summed E-state index contributed by atoms with van der Waals surface area (Å²) in [7, 11) is 0. The smallest absolute Gasteiger partial charge is 0.338 e. The number of hydrogen-bond donors (Lipinski definition) is 0. The molecule has 4 heteroatoms. The second-order valence-electron chi connectivity index (χ2n) is 5.19. The van der Waals surface area contributed by atoms with Crippen molar-refractivity contribution < 1.29 is 14.3 Å². The third-order valence-corrected chi connectivity index (χ3v) is 3.55. The third kappa shape index (κ3) is 3.30. The third-order valence-electron chi connectivity index (χ3n) is 2.96. The molecule has 2 rings (SSSR count). The number of benzene rings is 1. The first-order chi connectivity index (χ1) is 9.88. The SMILES string of the molecule is CC#CC1=CC(C)(C)Oc2c(Br)cc(C(=O)OCC)cc21. The number of hydrogen-bond acceptors (Lipinski definition) is 3. The molecule has 0 aliphatic carbocycles. The Morgan fingerprint density at radius 1 is 1.43 bits per heavy atom. The molecule has 0 N–H and O–H groups in total. The van der Waals surface area contributed by atoms with Crippen LogP contribution in [-0.4, -0.2) is 18.2 Å². The predicted molar refractivity (Wildman–Crippen MR) is 86.2 cm³/mol. The Morgan fingerprint density at radius 2 is 2.14 bits per heavy atom. The van der Waals surface area contributed by atoms with Gasteiger partial charge in [0.25, 0.3) is 0 Å². The number of rotatable bonds is 2. The van der Waals surface area contributed by atoms with Gasteiger partial charge in [-0.1, -0.05) is 5.92 Å². The zero-order chi connectivity index (χ0) is 15.6. The number of carbonyl (C=O) groups is 1. The van der Waals surface area contributed by atoms with E-state index >= 15 is 0 Å². The van der Waals surface area contributed by atoms with Crippen LogP contribution in [0.25, 0.3) is 5.57 Å². The first-order valence-electron chi connectivity index (χ1n) is 6.73. The van der Waals surface area contributed by atoms with E-state index in [2.05, 4.69) is 27.8 Å². The standard InChI is InChI=1S/C17H17BrO3/c1-5-7-11-10-17(3,4)21-15-13(11)8-12(9-14(15)18)16(19)20-6-2/h8-10H,6H2,1-4H3. The summed E-state index contributed by atoms with van der Waals surface area (Å²) in [6, 6.07) is 3.48. The van der Waals surface area contributed by atoms with Crippen LogP contribution in [0.15, 0.2) is 22.7 Å². The number of carbonyl (C=O) groups excluding carboxylic acids is 1. The minimum absolute atomic E-state index is 0.342. The van der Waals surface area contributed by atoms with Crippen molar-refractivity contribution in [2.75, 3.05) is 6.61 Å². The van der Waals surface area contributed by atoms with Gasteiger partial charge in [-0.3, -0.25) is 0 Å². The normalized spacial score (nSPS) is 15.0. The summed E-state index contributed by atoms with van der Waals surface area (Å²) in [6.45, 7) is 7.85. The van der Waals surface area contributed by atoms with Crippen molar-refractivity contribution in [3.63, 3.8) is 0 Å². The fourth-order valence-corrected chi connectivity index (χ4v) is 2.73. The van der Waals surface area contributed by atoms with Crippen LogP contribution in [0.1, 0.15) is 43.6 Å². The zero-order valence-corrected chi connectivity index (χ0v) is 14.1. The Labute approximate surface area is 133 Å². The number of esters is 1. The molecule has 1 aliphatic heterocycles. The summed E-state index contributed by atoms with van der Waals surface area (Å²) < 4.78 is 11.8. The van der Waals surface area contributed by atoms with E-state index < -0.39 is 5.60 Å². The van der Waals surface area contributed by atoms with Crippen LogP contribution < -0.4 is 4.74 Å². The molecular formula is C17H17BrO3. The van der Waals surface area contributed by atoms with Gasteiger partial charge in [0, 0.05) is 11.1 Å². The van der Waals surface area contributed by atoms with Crippen molar-refractivity contribution in [2.24, 2.45) is 0 Å².